The minimum absolute atomic E-state index is 0.295. The quantitative estimate of drug-likeness (QED) is 0.485. The van der Waals surface area contributed by atoms with Crippen LogP contribution in [0.3, 0.4) is 0 Å². The molecule has 0 fully saturated rings. The minimum Gasteiger partial charge on any atom is -0.465 e. The van der Waals surface area contributed by atoms with Crippen LogP contribution in [-0.4, -0.2) is 18.9 Å². The Labute approximate surface area is 125 Å². The van der Waals surface area contributed by atoms with Crippen molar-refractivity contribution in [3.05, 3.63) is 64.6 Å². The fourth-order valence-electron chi connectivity index (χ4n) is 1.59. The van der Waals surface area contributed by atoms with Gasteiger partial charge in [0, 0.05) is 10.3 Å². The lowest BCUT2D eigenvalue weighted by molar-refractivity contribution is -0.133. The van der Waals surface area contributed by atoms with Crippen LogP contribution >= 0.6 is 15.9 Å². The number of benzene rings is 2. The second-order valence-electron chi connectivity index (χ2n) is 3.91. The number of esters is 1. The van der Waals surface area contributed by atoms with Crippen molar-refractivity contribution in [1.82, 2.24) is 0 Å². The molecule has 0 aliphatic heterocycles. The van der Waals surface area contributed by atoms with E-state index in [2.05, 4.69) is 26.8 Å². The molecule has 0 atom stereocenters. The van der Waals surface area contributed by atoms with Crippen molar-refractivity contribution in [3.8, 4) is 0 Å². The molecule has 0 saturated heterocycles. The number of rotatable bonds is 3. The molecular formula is C16H12BrNO2. The van der Waals surface area contributed by atoms with Crippen LogP contribution in [0.4, 0.5) is 5.69 Å². The average molecular weight is 330 g/mol. The first-order valence-electron chi connectivity index (χ1n) is 5.94. The Bertz CT molecular complexity index is 674. The highest BCUT2D eigenvalue weighted by Crippen LogP contribution is 2.24. The fraction of sp³-hybridized carbons (Fsp3) is 0.0625. The molecule has 0 spiro atoms. The number of methoxy groups -OCH3 is 1. The highest BCUT2D eigenvalue weighted by atomic mass is 79.9. The summed E-state index contributed by atoms with van der Waals surface area (Å²) in [4.78, 5) is 16.0. The summed E-state index contributed by atoms with van der Waals surface area (Å²) in [6.45, 7) is 0. The molecule has 0 aliphatic carbocycles. The van der Waals surface area contributed by atoms with E-state index in [1.54, 1.807) is 0 Å². The van der Waals surface area contributed by atoms with Crippen molar-refractivity contribution < 1.29 is 9.53 Å². The number of halogens is 1. The second-order valence-corrected chi connectivity index (χ2v) is 4.76. The molecular weight excluding hydrogens is 318 g/mol. The maximum atomic E-state index is 11.8. The summed E-state index contributed by atoms with van der Waals surface area (Å²) in [7, 11) is 1.34. The Kier molecular flexibility index (Phi) is 4.88. The summed E-state index contributed by atoms with van der Waals surface area (Å²) in [5, 5.41) is 0. The standard InChI is InChI=1S/C16H12BrNO2/c1-20-16(19)13(12-7-3-2-4-8-12)11-18-15-10-6-5-9-14(15)17/h2-10H,1H3. The Morgan fingerprint density at radius 2 is 1.75 bits per heavy atom. The molecule has 0 aliphatic rings. The van der Waals surface area contributed by atoms with E-state index in [4.69, 9.17) is 4.74 Å². The van der Waals surface area contributed by atoms with Gasteiger partial charge in [-0.1, -0.05) is 42.5 Å². The zero-order valence-corrected chi connectivity index (χ0v) is 12.4. The number of para-hydroxylation sites is 1. The van der Waals surface area contributed by atoms with Gasteiger partial charge in [-0.3, -0.25) is 0 Å². The zero-order valence-electron chi connectivity index (χ0n) is 10.8. The van der Waals surface area contributed by atoms with Gasteiger partial charge in [0.05, 0.1) is 12.8 Å². The molecule has 0 radical (unpaired) electrons. The van der Waals surface area contributed by atoms with Gasteiger partial charge in [-0.15, -0.1) is 0 Å². The lowest BCUT2D eigenvalue weighted by atomic mass is 10.1. The van der Waals surface area contributed by atoms with Crippen LogP contribution in [0.1, 0.15) is 5.56 Å². The fourth-order valence-corrected chi connectivity index (χ4v) is 1.97. The summed E-state index contributed by atoms with van der Waals surface area (Å²) < 4.78 is 5.61. The molecule has 20 heavy (non-hydrogen) atoms. The molecule has 100 valence electrons. The van der Waals surface area contributed by atoms with E-state index in [1.807, 2.05) is 54.6 Å². The SMILES string of the molecule is COC(=O)C(=C=Nc1ccccc1Br)c1ccccc1. The number of aliphatic imine (C=N–C) groups is 1. The van der Waals surface area contributed by atoms with Gasteiger partial charge < -0.3 is 4.74 Å². The summed E-state index contributed by atoms with van der Waals surface area (Å²) in [6.07, 6.45) is 0. The molecule has 0 amide bonds. The molecule has 0 unspecified atom stereocenters. The van der Waals surface area contributed by atoms with Gasteiger partial charge in [0.15, 0.2) is 0 Å². The molecule has 0 bridgehead atoms. The van der Waals surface area contributed by atoms with Crippen LogP contribution in [0.15, 0.2) is 64.1 Å². The zero-order chi connectivity index (χ0) is 14.4. The second kappa shape index (κ2) is 6.85. The van der Waals surface area contributed by atoms with E-state index in [0.717, 1.165) is 10.0 Å². The highest BCUT2D eigenvalue weighted by molar-refractivity contribution is 9.10. The van der Waals surface area contributed by atoms with Gasteiger partial charge >= 0.3 is 5.97 Å². The number of hydrogen-bond acceptors (Lipinski definition) is 3. The van der Waals surface area contributed by atoms with E-state index in [9.17, 15) is 4.79 Å². The minimum atomic E-state index is -0.466. The molecule has 0 N–H and O–H groups in total. The molecule has 2 aromatic carbocycles. The highest BCUT2D eigenvalue weighted by Gasteiger charge is 2.11. The van der Waals surface area contributed by atoms with Gasteiger partial charge in [-0.05, 0) is 33.6 Å². The van der Waals surface area contributed by atoms with E-state index in [0.29, 0.717) is 11.3 Å². The predicted molar refractivity (Wildman–Crippen MR) is 83.1 cm³/mol. The van der Waals surface area contributed by atoms with E-state index >= 15 is 0 Å². The van der Waals surface area contributed by atoms with Crippen molar-refractivity contribution in [2.75, 3.05) is 7.11 Å². The predicted octanol–water partition coefficient (Wildman–Crippen LogP) is 4.01. The third-order valence-electron chi connectivity index (χ3n) is 2.59. The van der Waals surface area contributed by atoms with Crippen LogP contribution in [0, 0.1) is 0 Å². The van der Waals surface area contributed by atoms with Crippen molar-refractivity contribution in [2.24, 2.45) is 4.99 Å². The van der Waals surface area contributed by atoms with Crippen molar-refractivity contribution in [2.45, 2.75) is 0 Å². The molecule has 2 rings (SSSR count). The number of carbonyl (C=O) groups is 1. The molecule has 0 aromatic heterocycles. The first kappa shape index (κ1) is 14.3. The lowest BCUT2D eigenvalue weighted by Crippen LogP contribution is -2.04. The van der Waals surface area contributed by atoms with Gasteiger partial charge in [0.25, 0.3) is 0 Å². The van der Waals surface area contributed by atoms with Crippen LogP contribution < -0.4 is 0 Å². The van der Waals surface area contributed by atoms with E-state index < -0.39 is 5.97 Å². The van der Waals surface area contributed by atoms with Crippen LogP contribution in [-0.2, 0) is 9.53 Å². The maximum Gasteiger partial charge on any atom is 0.348 e. The van der Waals surface area contributed by atoms with Crippen molar-refractivity contribution in [3.63, 3.8) is 0 Å². The first-order valence-corrected chi connectivity index (χ1v) is 6.73. The Balaban J connectivity index is 2.50. The number of ether oxygens (including phenoxy) is 1. The van der Waals surface area contributed by atoms with Crippen LogP contribution in [0.25, 0.3) is 5.57 Å². The lowest BCUT2D eigenvalue weighted by Gasteiger charge is -2.01. The third kappa shape index (κ3) is 3.44. The molecule has 2 aromatic rings. The van der Waals surface area contributed by atoms with Crippen molar-refractivity contribution in [1.29, 1.82) is 0 Å². The monoisotopic (exact) mass is 329 g/mol. The Hall–Kier alpha value is -2.16. The normalized spacial score (nSPS) is 9.50. The molecule has 0 heterocycles. The Morgan fingerprint density at radius 3 is 2.40 bits per heavy atom. The van der Waals surface area contributed by atoms with Gasteiger partial charge in [0.2, 0.25) is 0 Å². The maximum absolute atomic E-state index is 11.8. The molecule has 3 nitrogen and oxygen atoms in total. The summed E-state index contributed by atoms with van der Waals surface area (Å²) >= 11 is 3.40. The summed E-state index contributed by atoms with van der Waals surface area (Å²) in [5.74, 6) is 2.32. The Morgan fingerprint density at radius 1 is 1.10 bits per heavy atom. The van der Waals surface area contributed by atoms with Crippen molar-refractivity contribution >= 4 is 39.0 Å². The van der Waals surface area contributed by atoms with Crippen LogP contribution in [0.5, 0.6) is 0 Å². The topological polar surface area (TPSA) is 38.7 Å². The smallest absolute Gasteiger partial charge is 0.348 e. The summed E-state index contributed by atoms with van der Waals surface area (Å²) in [5.41, 5.74) is 1.71. The average Bonchev–Trinajstić information content (AvgIpc) is 2.50. The van der Waals surface area contributed by atoms with Gasteiger partial charge in [-0.25, -0.2) is 9.79 Å². The van der Waals surface area contributed by atoms with Crippen LogP contribution in [0.2, 0.25) is 0 Å². The van der Waals surface area contributed by atoms with E-state index in [1.165, 1.54) is 7.11 Å². The molecule has 0 saturated carbocycles. The van der Waals surface area contributed by atoms with Gasteiger partial charge in [-0.2, -0.15) is 0 Å². The molecule has 4 heteroatoms. The number of hydrogen-bond donors (Lipinski definition) is 0. The van der Waals surface area contributed by atoms with Gasteiger partial charge in [0.1, 0.15) is 5.57 Å². The number of nitrogens with zero attached hydrogens (tertiary/aromatic N) is 1. The number of carbonyl (C=O) groups excluding carboxylic acids is 1. The first-order chi connectivity index (χ1) is 9.72. The summed E-state index contributed by atoms with van der Waals surface area (Å²) in [6, 6.07) is 16.7. The third-order valence-corrected chi connectivity index (χ3v) is 3.26. The van der Waals surface area contributed by atoms with E-state index in [-0.39, 0.29) is 0 Å². The largest absolute Gasteiger partial charge is 0.465 e.